The fourth-order valence-electron chi connectivity index (χ4n) is 2.13. The molecule has 0 bridgehead atoms. The molecule has 7 nitrogen and oxygen atoms in total. The number of hydrogen-bond acceptors (Lipinski definition) is 3. The van der Waals surface area contributed by atoms with Gasteiger partial charge in [-0.05, 0) is 18.8 Å². The Labute approximate surface area is 124 Å². The largest absolute Gasteiger partial charge is 0.481 e. The molecule has 0 aromatic carbocycles. The van der Waals surface area contributed by atoms with Crippen LogP contribution in [0, 0.1) is 5.41 Å². The maximum atomic E-state index is 12.0. The van der Waals surface area contributed by atoms with Crippen LogP contribution in [0.3, 0.4) is 0 Å². The second kappa shape index (κ2) is 7.10. The number of amides is 2. The normalized spacial score (nSPS) is 14.3. The van der Waals surface area contributed by atoms with Gasteiger partial charge in [-0.15, -0.1) is 0 Å². The van der Waals surface area contributed by atoms with Crippen molar-refractivity contribution in [3.63, 3.8) is 0 Å². The number of nitrogens with one attached hydrogen (secondary N) is 3. The Balaban J connectivity index is 2.56. The van der Waals surface area contributed by atoms with Gasteiger partial charge in [0.15, 0.2) is 0 Å². The zero-order chi connectivity index (χ0) is 16.0. The molecule has 4 N–H and O–H groups in total. The summed E-state index contributed by atoms with van der Waals surface area (Å²) in [6.07, 6.45) is 3.83. The minimum atomic E-state index is -0.924. The minimum absolute atomic E-state index is 0.0659. The number of urea groups is 1. The smallest absolute Gasteiger partial charge is 0.315 e. The Morgan fingerprint density at radius 2 is 2.05 bits per heavy atom. The molecule has 118 valence electrons. The molecule has 0 aliphatic heterocycles. The summed E-state index contributed by atoms with van der Waals surface area (Å²) in [6.45, 7) is 7.86. The van der Waals surface area contributed by atoms with Gasteiger partial charge in [0, 0.05) is 17.8 Å². The highest BCUT2D eigenvalue weighted by atomic mass is 16.4. The van der Waals surface area contributed by atoms with Crippen LogP contribution >= 0.6 is 0 Å². The molecule has 0 saturated heterocycles. The molecular formula is C14H24N4O3. The summed E-state index contributed by atoms with van der Waals surface area (Å²) in [4.78, 5) is 22.9. The van der Waals surface area contributed by atoms with Crippen molar-refractivity contribution in [2.45, 2.75) is 52.6 Å². The highest BCUT2D eigenvalue weighted by molar-refractivity contribution is 5.76. The number of rotatable bonds is 6. The lowest BCUT2D eigenvalue weighted by Crippen LogP contribution is -2.45. The Bertz CT molecular complexity index is 465. The van der Waals surface area contributed by atoms with Gasteiger partial charge in [0.25, 0.3) is 0 Å². The first kappa shape index (κ1) is 17.0. The zero-order valence-electron chi connectivity index (χ0n) is 12.9. The first-order chi connectivity index (χ1) is 9.67. The predicted octanol–water partition coefficient (Wildman–Crippen LogP) is 2.05. The van der Waals surface area contributed by atoms with Crippen LogP contribution in [-0.4, -0.2) is 33.3 Å². The molecule has 0 radical (unpaired) electrons. The Hall–Kier alpha value is -2.05. The molecule has 1 rings (SSSR count). The van der Waals surface area contributed by atoms with Crippen LogP contribution < -0.4 is 10.6 Å². The summed E-state index contributed by atoms with van der Waals surface area (Å²) < 4.78 is 0. The van der Waals surface area contributed by atoms with Crippen LogP contribution in [0.25, 0.3) is 0 Å². The predicted molar refractivity (Wildman–Crippen MR) is 78.8 cm³/mol. The van der Waals surface area contributed by atoms with Crippen molar-refractivity contribution in [2.24, 2.45) is 5.41 Å². The average Bonchev–Trinajstić information content (AvgIpc) is 2.77. The average molecular weight is 296 g/mol. The van der Waals surface area contributed by atoms with E-state index < -0.39 is 12.0 Å². The lowest BCUT2D eigenvalue weighted by molar-refractivity contribution is -0.137. The van der Waals surface area contributed by atoms with Gasteiger partial charge < -0.3 is 15.7 Å². The van der Waals surface area contributed by atoms with Crippen LogP contribution in [0.1, 0.15) is 52.1 Å². The molecule has 0 saturated carbocycles. The number of H-pyrrole nitrogens is 1. The van der Waals surface area contributed by atoms with Gasteiger partial charge in [0.1, 0.15) is 0 Å². The van der Waals surface area contributed by atoms with Gasteiger partial charge in [0.2, 0.25) is 0 Å². The molecule has 0 aliphatic rings. The quantitative estimate of drug-likeness (QED) is 0.644. The van der Waals surface area contributed by atoms with Crippen LogP contribution in [0.15, 0.2) is 12.4 Å². The second-order valence-electron chi connectivity index (χ2n) is 6.43. The fourth-order valence-corrected chi connectivity index (χ4v) is 2.13. The molecule has 2 atom stereocenters. The molecule has 1 heterocycles. The van der Waals surface area contributed by atoms with E-state index in [0.29, 0.717) is 6.42 Å². The molecule has 0 aliphatic carbocycles. The SMILES string of the molecule is CC(NC(=O)NC(CC(=O)O)CC(C)(C)C)c1cn[nH]c1. The minimum Gasteiger partial charge on any atom is -0.481 e. The van der Waals surface area contributed by atoms with E-state index in [4.69, 9.17) is 5.11 Å². The van der Waals surface area contributed by atoms with E-state index in [1.54, 1.807) is 12.4 Å². The fraction of sp³-hybridized carbons (Fsp3) is 0.643. The Kier molecular flexibility index (Phi) is 5.75. The lowest BCUT2D eigenvalue weighted by Gasteiger charge is -2.26. The standard InChI is InChI=1S/C14H24N4O3/c1-9(10-7-15-16-8-10)17-13(21)18-11(5-12(19)20)6-14(2,3)4/h7-9,11H,5-6H2,1-4H3,(H,15,16)(H,19,20)(H2,17,18,21). The summed E-state index contributed by atoms with van der Waals surface area (Å²) in [5.74, 6) is -0.924. The van der Waals surface area contributed by atoms with Crippen molar-refractivity contribution in [3.05, 3.63) is 18.0 Å². The first-order valence-corrected chi connectivity index (χ1v) is 6.95. The van der Waals surface area contributed by atoms with Crippen molar-refractivity contribution < 1.29 is 14.7 Å². The van der Waals surface area contributed by atoms with E-state index >= 15 is 0 Å². The van der Waals surface area contributed by atoms with Gasteiger partial charge in [-0.25, -0.2) is 4.79 Å². The topological polar surface area (TPSA) is 107 Å². The van der Waals surface area contributed by atoms with Crippen molar-refractivity contribution in [2.75, 3.05) is 0 Å². The van der Waals surface area contributed by atoms with Crippen molar-refractivity contribution in [3.8, 4) is 0 Å². The number of aromatic amines is 1. The summed E-state index contributed by atoms with van der Waals surface area (Å²) in [5.41, 5.74) is 0.791. The molecule has 0 fully saturated rings. The zero-order valence-corrected chi connectivity index (χ0v) is 12.9. The van der Waals surface area contributed by atoms with Crippen LogP contribution in [0.4, 0.5) is 4.79 Å². The van der Waals surface area contributed by atoms with E-state index in [1.807, 2.05) is 27.7 Å². The van der Waals surface area contributed by atoms with Crippen LogP contribution in [0.5, 0.6) is 0 Å². The molecule has 2 amide bonds. The maximum absolute atomic E-state index is 12.0. The monoisotopic (exact) mass is 296 g/mol. The van der Waals surface area contributed by atoms with Gasteiger partial charge in [0.05, 0.1) is 18.7 Å². The number of hydrogen-bond donors (Lipinski definition) is 4. The molecule has 1 aromatic rings. The highest BCUT2D eigenvalue weighted by Crippen LogP contribution is 2.22. The first-order valence-electron chi connectivity index (χ1n) is 6.95. The number of aromatic nitrogens is 2. The van der Waals surface area contributed by atoms with E-state index in [2.05, 4.69) is 20.8 Å². The number of nitrogens with zero attached hydrogens (tertiary/aromatic N) is 1. The van der Waals surface area contributed by atoms with Crippen molar-refractivity contribution in [1.82, 2.24) is 20.8 Å². The molecule has 2 unspecified atom stereocenters. The number of carbonyl (C=O) groups excluding carboxylic acids is 1. The molecule has 0 spiro atoms. The van der Waals surface area contributed by atoms with E-state index in [9.17, 15) is 9.59 Å². The maximum Gasteiger partial charge on any atom is 0.315 e. The van der Waals surface area contributed by atoms with Crippen molar-refractivity contribution in [1.29, 1.82) is 0 Å². The molecule has 1 aromatic heterocycles. The van der Waals surface area contributed by atoms with Crippen LogP contribution in [-0.2, 0) is 4.79 Å². The van der Waals surface area contributed by atoms with E-state index in [0.717, 1.165) is 5.56 Å². The third-order valence-electron chi connectivity index (χ3n) is 2.98. The molecule has 21 heavy (non-hydrogen) atoms. The number of carboxylic acids is 1. The Morgan fingerprint density at radius 3 is 2.52 bits per heavy atom. The second-order valence-corrected chi connectivity index (χ2v) is 6.43. The Morgan fingerprint density at radius 1 is 1.38 bits per heavy atom. The van der Waals surface area contributed by atoms with Gasteiger partial charge in [-0.3, -0.25) is 9.89 Å². The van der Waals surface area contributed by atoms with Gasteiger partial charge in [-0.2, -0.15) is 5.10 Å². The summed E-state index contributed by atoms with van der Waals surface area (Å²) in [7, 11) is 0. The van der Waals surface area contributed by atoms with E-state index in [-0.39, 0.29) is 23.9 Å². The lowest BCUT2D eigenvalue weighted by atomic mass is 9.87. The van der Waals surface area contributed by atoms with Crippen molar-refractivity contribution >= 4 is 12.0 Å². The summed E-state index contributed by atoms with van der Waals surface area (Å²) in [5, 5.41) is 21.0. The number of carboxylic acid groups (broad SMARTS) is 1. The third-order valence-corrected chi connectivity index (χ3v) is 2.98. The summed E-state index contributed by atoms with van der Waals surface area (Å²) in [6, 6.07) is -0.984. The van der Waals surface area contributed by atoms with Gasteiger partial charge >= 0.3 is 12.0 Å². The highest BCUT2D eigenvalue weighted by Gasteiger charge is 2.23. The number of aliphatic carboxylic acids is 1. The molecule has 7 heteroatoms. The molecular weight excluding hydrogens is 272 g/mol. The third kappa shape index (κ3) is 6.78. The summed E-state index contributed by atoms with van der Waals surface area (Å²) >= 11 is 0. The van der Waals surface area contributed by atoms with Gasteiger partial charge in [-0.1, -0.05) is 20.8 Å². The van der Waals surface area contributed by atoms with Crippen LogP contribution in [0.2, 0.25) is 0 Å². The number of carbonyl (C=O) groups is 2. The van der Waals surface area contributed by atoms with E-state index in [1.165, 1.54) is 0 Å².